The molecular weight excluding hydrogens is 308 g/mol. The van der Waals surface area contributed by atoms with Crippen LogP contribution in [0.5, 0.6) is 0 Å². The molecule has 128 valence electrons. The van der Waals surface area contributed by atoms with Gasteiger partial charge < -0.3 is 15.4 Å². The molecule has 1 aliphatic carbocycles. The summed E-state index contributed by atoms with van der Waals surface area (Å²) in [5.41, 5.74) is 5.67. The van der Waals surface area contributed by atoms with Gasteiger partial charge in [-0.3, -0.25) is 14.4 Å². The molecule has 6 heteroatoms. The summed E-state index contributed by atoms with van der Waals surface area (Å²) in [5.74, 6) is -1.30. The number of ether oxygens (including phenoxy) is 1. The van der Waals surface area contributed by atoms with E-state index in [9.17, 15) is 14.4 Å². The van der Waals surface area contributed by atoms with Crippen molar-refractivity contribution in [3.05, 3.63) is 35.9 Å². The quantitative estimate of drug-likeness (QED) is 0.815. The Kier molecular flexibility index (Phi) is 4.55. The van der Waals surface area contributed by atoms with Crippen LogP contribution in [-0.4, -0.2) is 42.4 Å². The Morgan fingerprint density at radius 1 is 1.21 bits per heavy atom. The Balaban J connectivity index is 1.55. The van der Waals surface area contributed by atoms with Crippen molar-refractivity contribution in [3.63, 3.8) is 0 Å². The van der Waals surface area contributed by atoms with Gasteiger partial charge in [-0.05, 0) is 31.2 Å². The summed E-state index contributed by atoms with van der Waals surface area (Å²) in [6.45, 7) is 0.610. The van der Waals surface area contributed by atoms with Crippen LogP contribution in [0.4, 0.5) is 0 Å². The third-order valence-electron chi connectivity index (χ3n) is 4.97. The number of amides is 2. The van der Waals surface area contributed by atoms with E-state index in [1.165, 1.54) is 0 Å². The number of rotatable bonds is 5. The lowest BCUT2D eigenvalue weighted by Gasteiger charge is -2.31. The van der Waals surface area contributed by atoms with Crippen molar-refractivity contribution in [2.45, 2.75) is 31.1 Å². The number of primary amides is 1. The molecule has 0 unspecified atom stereocenters. The van der Waals surface area contributed by atoms with E-state index in [-0.39, 0.29) is 30.3 Å². The molecule has 3 rings (SSSR count). The van der Waals surface area contributed by atoms with Gasteiger partial charge in [-0.2, -0.15) is 0 Å². The summed E-state index contributed by atoms with van der Waals surface area (Å²) in [5, 5.41) is 0. The number of esters is 1. The predicted molar refractivity (Wildman–Crippen MR) is 86.8 cm³/mol. The average molecular weight is 330 g/mol. The lowest BCUT2D eigenvalue weighted by Crippen LogP contribution is -2.45. The molecule has 0 radical (unpaired) electrons. The average Bonchev–Trinajstić information content (AvgIpc) is 3.42. The van der Waals surface area contributed by atoms with Crippen LogP contribution in [0.25, 0.3) is 0 Å². The molecule has 0 bridgehead atoms. The van der Waals surface area contributed by atoms with E-state index in [2.05, 4.69) is 0 Å². The maximum Gasteiger partial charge on any atom is 0.317 e. The Morgan fingerprint density at radius 2 is 1.92 bits per heavy atom. The Morgan fingerprint density at radius 3 is 2.54 bits per heavy atom. The van der Waals surface area contributed by atoms with Crippen LogP contribution >= 0.6 is 0 Å². The van der Waals surface area contributed by atoms with Crippen molar-refractivity contribution in [2.75, 3.05) is 19.7 Å². The highest BCUT2D eigenvalue weighted by Gasteiger charge is 2.52. The fraction of sp³-hybridized carbons (Fsp3) is 0.500. The van der Waals surface area contributed by atoms with E-state index in [1.807, 2.05) is 30.3 Å². The van der Waals surface area contributed by atoms with Crippen LogP contribution in [0.3, 0.4) is 0 Å². The third kappa shape index (κ3) is 3.27. The minimum atomic E-state index is -0.584. The van der Waals surface area contributed by atoms with Crippen molar-refractivity contribution in [1.82, 2.24) is 4.90 Å². The van der Waals surface area contributed by atoms with E-state index in [4.69, 9.17) is 10.5 Å². The van der Waals surface area contributed by atoms with E-state index < -0.39 is 5.41 Å². The third-order valence-corrected chi connectivity index (χ3v) is 4.97. The summed E-state index contributed by atoms with van der Waals surface area (Å²) in [7, 11) is 0. The van der Waals surface area contributed by atoms with Crippen LogP contribution in [0.1, 0.15) is 31.2 Å². The number of carbonyl (C=O) groups excluding carboxylic acids is 3. The van der Waals surface area contributed by atoms with Gasteiger partial charge in [-0.1, -0.05) is 30.3 Å². The first-order valence-corrected chi connectivity index (χ1v) is 8.33. The molecule has 24 heavy (non-hydrogen) atoms. The molecule has 6 nitrogen and oxygen atoms in total. The number of likely N-dealkylation sites (tertiary alicyclic amines) is 1. The van der Waals surface area contributed by atoms with Crippen LogP contribution in [0.15, 0.2) is 30.3 Å². The van der Waals surface area contributed by atoms with Crippen molar-refractivity contribution in [3.8, 4) is 0 Å². The van der Waals surface area contributed by atoms with Gasteiger partial charge in [0.2, 0.25) is 5.91 Å². The van der Waals surface area contributed by atoms with Crippen molar-refractivity contribution < 1.29 is 19.1 Å². The number of hydrogen-bond donors (Lipinski definition) is 1. The zero-order valence-electron chi connectivity index (χ0n) is 13.6. The van der Waals surface area contributed by atoms with E-state index in [1.54, 1.807) is 4.90 Å². The molecule has 2 N–H and O–H groups in total. The molecule has 2 aliphatic rings. The number of nitrogens with two attached hydrogens (primary N) is 1. The van der Waals surface area contributed by atoms with Gasteiger partial charge in [0.25, 0.3) is 5.91 Å². The molecule has 1 heterocycles. The van der Waals surface area contributed by atoms with Gasteiger partial charge in [-0.25, -0.2) is 0 Å². The minimum absolute atomic E-state index is 0.266. The molecule has 1 saturated heterocycles. The van der Waals surface area contributed by atoms with E-state index >= 15 is 0 Å². The van der Waals surface area contributed by atoms with Gasteiger partial charge in [-0.15, -0.1) is 0 Å². The maximum atomic E-state index is 12.4. The lowest BCUT2D eigenvalue weighted by atomic mass is 9.96. The predicted octanol–water partition coefficient (Wildman–Crippen LogP) is 0.985. The zero-order valence-corrected chi connectivity index (χ0v) is 13.6. The monoisotopic (exact) mass is 330 g/mol. The summed E-state index contributed by atoms with van der Waals surface area (Å²) in [6, 6.07) is 9.52. The first kappa shape index (κ1) is 16.5. The van der Waals surface area contributed by atoms with Crippen LogP contribution in [0.2, 0.25) is 0 Å². The number of piperidine rings is 1. The SMILES string of the molecule is NC(=O)[C@H]1CCCN(C(=O)COC(=O)C2(c3ccccc3)CC2)C1. The molecule has 2 fully saturated rings. The van der Waals surface area contributed by atoms with Crippen molar-refractivity contribution in [2.24, 2.45) is 11.7 Å². The highest BCUT2D eigenvalue weighted by Crippen LogP contribution is 2.49. The number of benzene rings is 1. The molecule has 0 aromatic heterocycles. The highest BCUT2D eigenvalue weighted by atomic mass is 16.5. The van der Waals surface area contributed by atoms with Crippen LogP contribution < -0.4 is 5.73 Å². The normalized spacial score (nSPS) is 21.8. The molecule has 1 saturated carbocycles. The minimum Gasteiger partial charge on any atom is -0.455 e. The number of nitrogens with zero attached hydrogens (tertiary/aromatic N) is 1. The molecular formula is C18H22N2O4. The molecule has 1 aliphatic heterocycles. The molecule has 2 amide bonds. The second kappa shape index (κ2) is 6.63. The van der Waals surface area contributed by atoms with E-state index in [0.29, 0.717) is 19.5 Å². The Bertz CT molecular complexity index is 640. The van der Waals surface area contributed by atoms with Gasteiger partial charge in [0.1, 0.15) is 0 Å². The summed E-state index contributed by atoms with van der Waals surface area (Å²) in [4.78, 5) is 37.5. The van der Waals surface area contributed by atoms with Crippen LogP contribution in [0, 0.1) is 5.92 Å². The standard InChI is InChI=1S/C18H22N2O4/c19-16(22)13-5-4-10-20(11-13)15(21)12-24-17(23)18(8-9-18)14-6-2-1-3-7-14/h1-3,6-7,13H,4-5,8-12H2,(H2,19,22)/t13-/m0/s1. The maximum absolute atomic E-state index is 12.4. The molecule has 0 spiro atoms. The Hall–Kier alpha value is -2.37. The van der Waals surface area contributed by atoms with Crippen molar-refractivity contribution in [1.29, 1.82) is 0 Å². The largest absolute Gasteiger partial charge is 0.455 e. The topological polar surface area (TPSA) is 89.7 Å². The smallest absolute Gasteiger partial charge is 0.317 e. The summed E-state index contributed by atoms with van der Waals surface area (Å²) >= 11 is 0. The van der Waals surface area contributed by atoms with Crippen molar-refractivity contribution >= 4 is 17.8 Å². The van der Waals surface area contributed by atoms with Gasteiger partial charge in [0.15, 0.2) is 6.61 Å². The van der Waals surface area contributed by atoms with Gasteiger partial charge in [0.05, 0.1) is 11.3 Å². The summed E-state index contributed by atoms with van der Waals surface area (Å²) < 4.78 is 5.29. The van der Waals surface area contributed by atoms with Crippen LogP contribution in [-0.2, 0) is 24.5 Å². The Labute approximate surface area is 140 Å². The second-order valence-electron chi connectivity index (χ2n) is 6.61. The van der Waals surface area contributed by atoms with E-state index in [0.717, 1.165) is 24.8 Å². The number of hydrogen-bond acceptors (Lipinski definition) is 4. The lowest BCUT2D eigenvalue weighted by molar-refractivity contribution is -0.155. The summed E-state index contributed by atoms with van der Waals surface area (Å²) in [6.07, 6.45) is 2.94. The molecule has 1 atom stereocenters. The van der Waals surface area contributed by atoms with Gasteiger partial charge >= 0.3 is 5.97 Å². The first-order chi connectivity index (χ1) is 11.5. The highest BCUT2D eigenvalue weighted by molar-refractivity contribution is 5.89. The fourth-order valence-corrected chi connectivity index (χ4v) is 3.29. The molecule has 1 aromatic rings. The molecule has 1 aromatic carbocycles. The zero-order chi connectivity index (χ0) is 17.2. The second-order valence-corrected chi connectivity index (χ2v) is 6.61. The fourth-order valence-electron chi connectivity index (χ4n) is 3.29. The first-order valence-electron chi connectivity index (χ1n) is 8.33. The van der Waals surface area contributed by atoms with Gasteiger partial charge in [0, 0.05) is 13.1 Å². The number of carbonyl (C=O) groups is 3.